The van der Waals surface area contributed by atoms with E-state index in [1.54, 1.807) is 7.11 Å². The van der Waals surface area contributed by atoms with Crippen molar-refractivity contribution in [1.82, 2.24) is 4.98 Å². The smallest absolute Gasteiger partial charge is 0.106 e. The molecule has 2 aromatic rings. The summed E-state index contributed by atoms with van der Waals surface area (Å²) < 4.78 is 0. The van der Waals surface area contributed by atoms with Crippen LogP contribution < -0.4 is 0 Å². The predicted octanol–water partition coefficient (Wildman–Crippen LogP) is 3.05. The molecule has 0 amide bonds. The standard InChI is InChI=1S/C15H14N2O/c1-18-17-15-6-5-13-12(3-2-4-14(13)15)11-7-9-16-10-8-11/h2-4,7-10H,5-6H2,1H3. The van der Waals surface area contributed by atoms with E-state index >= 15 is 0 Å². The molecule has 0 saturated carbocycles. The Kier molecular flexibility index (Phi) is 2.81. The van der Waals surface area contributed by atoms with Crippen molar-refractivity contribution in [3.05, 3.63) is 53.9 Å². The first kappa shape index (κ1) is 11.0. The molecule has 3 heteroatoms. The largest absolute Gasteiger partial charge is 0.399 e. The minimum atomic E-state index is 0.950. The van der Waals surface area contributed by atoms with Gasteiger partial charge in [-0.1, -0.05) is 23.4 Å². The second-order valence-corrected chi connectivity index (χ2v) is 4.29. The Morgan fingerprint density at radius 1 is 1.06 bits per heavy atom. The molecule has 0 saturated heterocycles. The zero-order valence-corrected chi connectivity index (χ0v) is 10.3. The van der Waals surface area contributed by atoms with Gasteiger partial charge < -0.3 is 4.84 Å². The van der Waals surface area contributed by atoms with Gasteiger partial charge in [-0.2, -0.15) is 0 Å². The van der Waals surface area contributed by atoms with Gasteiger partial charge in [0.2, 0.25) is 0 Å². The van der Waals surface area contributed by atoms with Crippen LogP contribution in [0.2, 0.25) is 0 Å². The topological polar surface area (TPSA) is 34.5 Å². The van der Waals surface area contributed by atoms with Crippen molar-refractivity contribution in [1.29, 1.82) is 0 Å². The molecule has 1 aromatic carbocycles. The molecule has 3 nitrogen and oxygen atoms in total. The fourth-order valence-electron chi connectivity index (χ4n) is 2.51. The second kappa shape index (κ2) is 4.61. The Labute approximate surface area is 106 Å². The molecule has 0 radical (unpaired) electrons. The SMILES string of the molecule is CON=C1CCc2c1cccc2-c1ccncc1. The molecule has 1 aromatic heterocycles. The van der Waals surface area contributed by atoms with Gasteiger partial charge in [0.05, 0.1) is 5.71 Å². The van der Waals surface area contributed by atoms with E-state index in [9.17, 15) is 0 Å². The van der Waals surface area contributed by atoms with Crippen LogP contribution in [0, 0.1) is 0 Å². The number of fused-ring (bicyclic) bond motifs is 1. The van der Waals surface area contributed by atoms with E-state index in [2.05, 4.69) is 28.3 Å². The van der Waals surface area contributed by atoms with E-state index in [1.165, 1.54) is 22.3 Å². The first-order valence-corrected chi connectivity index (χ1v) is 6.03. The Bertz CT molecular complexity index is 591. The van der Waals surface area contributed by atoms with Gasteiger partial charge >= 0.3 is 0 Å². The average Bonchev–Trinajstić information content (AvgIpc) is 2.84. The highest BCUT2D eigenvalue weighted by Gasteiger charge is 2.21. The summed E-state index contributed by atoms with van der Waals surface area (Å²) >= 11 is 0. The number of hydrogen-bond donors (Lipinski definition) is 0. The predicted molar refractivity (Wildman–Crippen MR) is 71.5 cm³/mol. The molecule has 0 spiro atoms. The van der Waals surface area contributed by atoms with Crippen molar-refractivity contribution < 1.29 is 4.84 Å². The summed E-state index contributed by atoms with van der Waals surface area (Å²) in [5.74, 6) is 0. The summed E-state index contributed by atoms with van der Waals surface area (Å²) in [5.41, 5.74) is 6.10. The zero-order valence-electron chi connectivity index (χ0n) is 10.3. The van der Waals surface area contributed by atoms with Gasteiger partial charge in [0.15, 0.2) is 0 Å². The molecule has 0 unspecified atom stereocenters. The van der Waals surface area contributed by atoms with Gasteiger partial charge in [-0.05, 0) is 41.7 Å². The first-order chi connectivity index (χ1) is 8.90. The van der Waals surface area contributed by atoms with Crippen LogP contribution in [0.4, 0.5) is 0 Å². The van der Waals surface area contributed by atoms with Gasteiger partial charge in [0.1, 0.15) is 7.11 Å². The van der Waals surface area contributed by atoms with Crippen molar-refractivity contribution in [2.75, 3.05) is 7.11 Å². The maximum absolute atomic E-state index is 4.91. The van der Waals surface area contributed by atoms with Gasteiger partial charge in [0, 0.05) is 18.0 Å². The van der Waals surface area contributed by atoms with Crippen LogP contribution in [0.1, 0.15) is 17.5 Å². The van der Waals surface area contributed by atoms with Crippen LogP contribution in [0.5, 0.6) is 0 Å². The second-order valence-electron chi connectivity index (χ2n) is 4.29. The molecule has 1 aliphatic carbocycles. The number of pyridine rings is 1. The molecular formula is C15H14N2O. The number of benzene rings is 1. The lowest BCUT2D eigenvalue weighted by Gasteiger charge is -2.07. The quantitative estimate of drug-likeness (QED) is 0.754. The Morgan fingerprint density at radius 3 is 2.61 bits per heavy atom. The number of hydrogen-bond acceptors (Lipinski definition) is 3. The van der Waals surface area contributed by atoms with E-state index in [0.29, 0.717) is 0 Å². The average molecular weight is 238 g/mol. The number of rotatable bonds is 2. The molecule has 0 atom stereocenters. The molecule has 90 valence electrons. The van der Waals surface area contributed by atoms with Gasteiger partial charge in [-0.15, -0.1) is 0 Å². The minimum Gasteiger partial charge on any atom is -0.399 e. The zero-order chi connectivity index (χ0) is 12.4. The van der Waals surface area contributed by atoms with Crippen molar-refractivity contribution in [2.45, 2.75) is 12.8 Å². The van der Waals surface area contributed by atoms with E-state index in [1.807, 2.05) is 24.5 Å². The molecule has 1 heterocycles. The first-order valence-electron chi connectivity index (χ1n) is 6.03. The summed E-state index contributed by atoms with van der Waals surface area (Å²) in [6.45, 7) is 0. The fraction of sp³-hybridized carbons (Fsp3) is 0.200. The van der Waals surface area contributed by atoms with Gasteiger partial charge in [-0.3, -0.25) is 4.98 Å². The Morgan fingerprint density at radius 2 is 1.83 bits per heavy atom. The minimum absolute atomic E-state index is 0.950. The van der Waals surface area contributed by atoms with Crippen LogP contribution in [0.3, 0.4) is 0 Å². The monoisotopic (exact) mass is 238 g/mol. The van der Waals surface area contributed by atoms with Crippen LogP contribution in [0.25, 0.3) is 11.1 Å². The summed E-state index contributed by atoms with van der Waals surface area (Å²) in [7, 11) is 1.59. The molecule has 3 rings (SSSR count). The Hall–Kier alpha value is -2.16. The van der Waals surface area contributed by atoms with E-state index < -0.39 is 0 Å². The Balaban J connectivity index is 2.13. The summed E-state index contributed by atoms with van der Waals surface area (Å²) in [4.78, 5) is 8.97. The van der Waals surface area contributed by atoms with Crippen LogP contribution in [-0.2, 0) is 11.3 Å². The maximum atomic E-state index is 4.91. The lowest BCUT2D eigenvalue weighted by atomic mass is 9.98. The summed E-state index contributed by atoms with van der Waals surface area (Å²) in [5, 5.41) is 4.10. The number of oxime groups is 1. The lowest BCUT2D eigenvalue weighted by molar-refractivity contribution is 0.213. The molecule has 0 N–H and O–H groups in total. The fourth-order valence-corrected chi connectivity index (χ4v) is 2.51. The molecule has 0 bridgehead atoms. The molecule has 1 aliphatic rings. The van der Waals surface area contributed by atoms with Crippen LogP contribution in [0.15, 0.2) is 47.9 Å². The molecular weight excluding hydrogens is 224 g/mol. The number of aromatic nitrogens is 1. The van der Waals surface area contributed by atoms with Crippen molar-refractivity contribution in [3.8, 4) is 11.1 Å². The van der Waals surface area contributed by atoms with Crippen molar-refractivity contribution in [2.24, 2.45) is 5.16 Å². The van der Waals surface area contributed by atoms with E-state index in [-0.39, 0.29) is 0 Å². The van der Waals surface area contributed by atoms with Gasteiger partial charge in [0.25, 0.3) is 0 Å². The van der Waals surface area contributed by atoms with E-state index in [4.69, 9.17) is 4.84 Å². The van der Waals surface area contributed by atoms with Crippen molar-refractivity contribution >= 4 is 5.71 Å². The highest BCUT2D eigenvalue weighted by molar-refractivity contribution is 6.05. The third-order valence-electron chi connectivity index (χ3n) is 3.29. The molecule has 18 heavy (non-hydrogen) atoms. The maximum Gasteiger partial charge on any atom is 0.106 e. The van der Waals surface area contributed by atoms with E-state index in [0.717, 1.165) is 18.6 Å². The molecule has 0 aliphatic heterocycles. The lowest BCUT2D eigenvalue weighted by Crippen LogP contribution is -1.95. The third kappa shape index (κ3) is 1.78. The summed E-state index contributed by atoms with van der Waals surface area (Å²) in [6.07, 6.45) is 5.63. The van der Waals surface area contributed by atoms with Crippen molar-refractivity contribution in [3.63, 3.8) is 0 Å². The highest BCUT2D eigenvalue weighted by atomic mass is 16.6. The molecule has 0 fully saturated rings. The van der Waals surface area contributed by atoms with Crippen LogP contribution >= 0.6 is 0 Å². The van der Waals surface area contributed by atoms with Gasteiger partial charge in [-0.25, -0.2) is 0 Å². The number of nitrogens with zero attached hydrogens (tertiary/aromatic N) is 2. The highest BCUT2D eigenvalue weighted by Crippen LogP contribution is 2.32. The van der Waals surface area contributed by atoms with Crippen LogP contribution in [-0.4, -0.2) is 17.8 Å². The normalized spacial score (nSPS) is 15.7. The summed E-state index contributed by atoms with van der Waals surface area (Å²) in [6, 6.07) is 10.4. The third-order valence-corrected chi connectivity index (χ3v) is 3.29.